The molecule has 1 aliphatic heterocycles. The van der Waals surface area contributed by atoms with Crippen LogP contribution in [0.4, 0.5) is 5.69 Å². The Morgan fingerprint density at radius 2 is 1.90 bits per heavy atom. The van der Waals surface area contributed by atoms with E-state index in [0.717, 1.165) is 11.3 Å². The molecule has 0 aliphatic carbocycles. The van der Waals surface area contributed by atoms with Gasteiger partial charge in [0.15, 0.2) is 5.96 Å². The molecule has 0 fully saturated rings. The highest BCUT2D eigenvalue weighted by atomic mass is 35.5. The van der Waals surface area contributed by atoms with Crippen molar-refractivity contribution >= 4 is 29.2 Å². The summed E-state index contributed by atoms with van der Waals surface area (Å²) in [4.78, 5) is 18.6. The summed E-state index contributed by atoms with van der Waals surface area (Å²) >= 11 is 6.00. The number of phenolic OH excluding ortho intramolecular Hbond substituents is 2. The molecular weight excluding hydrogens is 408 g/mol. The molecule has 9 nitrogen and oxygen atoms in total. The average Bonchev–Trinajstić information content (AvgIpc) is 3.13. The van der Waals surface area contributed by atoms with E-state index in [1.807, 2.05) is 0 Å². The van der Waals surface area contributed by atoms with Crippen molar-refractivity contribution in [2.75, 3.05) is 6.54 Å². The van der Waals surface area contributed by atoms with E-state index in [0.29, 0.717) is 42.0 Å². The number of hydrogen-bond acceptors (Lipinski definition) is 5. The molecule has 1 aliphatic rings. The molecule has 0 saturated carbocycles. The van der Waals surface area contributed by atoms with Gasteiger partial charge in [-0.25, -0.2) is 4.99 Å². The van der Waals surface area contributed by atoms with Crippen LogP contribution in [0.25, 0.3) is 11.3 Å². The summed E-state index contributed by atoms with van der Waals surface area (Å²) in [7, 11) is 0. The van der Waals surface area contributed by atoms with E-state index in [2.05, 4.69) is 15.2 Å². The second-order valence-corrected chi connectivity index (χ2v) is 7.32. The number of aromatic hydroxyl groups is 2. The smallest absolute Gasteiger partial charge is 0.254 e. The SMILES string of the molecule is NC(N)=Nc1ccc(C(=O)N2CCc3[nH]nc(-c4cc(Cl)c(O)cc4O)c3C2)cc1. The average molecular weight is 427 g/mol. The van der Waals surface area contributed by atoms with Gasteiger partial charge in [0.1, 0.15) is 17.2 Å². The summed E-state index contributed by atoms with van der Waals surface area (Å²) in [6.07, 6.45) is 0.590. The number of guanidine groups is 1. The number of aromatic nitrogens is 2. The molecule has 3 aromatic rings. The van der Waals surface area contributed by atoms with E-state index < -0.39 is 0 Å². The number of rotatable bonds is 3. The first-order valence-electron chi connectivity index (χ1n) is 9.10. The monoisotopic (exact) mass is 426 g/mol. The van der Waals surface area contributed by atoms with Crippen LogP contribution in [0.3, 0.4) is 0 Å². The molecule has 0 saturated heterocycles. The number of carbonyl (C=O) groups is 1. The Kier molecular flexibility index (Phi) is 4.96. The van der Waals surface area contributed by atoms with Gasteiger partial charge in [-0.05, 0) is 30.3 Å². The van der Waals surface area contributed by atoms with Crippen molar-refractivity contribution in [2.24, 2.45) is 16.5 Å². The second-order valence-electron chi connectivity index (χ2n) is 6.91. The van der Waals surface area contributed by atoms with Crippen molar-refractivity contribution in [2.45, 2.75) is 13.0 Å². The lowest BCUT2D eigenvalue weighted by atomic mass is 9.99. The molecule has 1 amide bonds. The fraction of sp³-hybridized carbons (Fsp3) is 0.150. The third-order valence-electron chi connectivity index (χ3n) is 4.91. The van der Waals surface area contributed by atoms with Crippen LogP contribution in [0.2, 0.25) is 5.02 Å². The molecular formula is C20H19ClN6O3. The predicted molar refractivity (Wildman–Crippen MR) is 113 cm³/mol. The Labute approximate surface area is 176 Å². The minimum Gasteiger partial charge on any atom is -0.507 e. The number of fused-ring (bicyclic) bond motifs is 1. The maximum atomic E-state index is 13.0. The van der Waals surface area contributed by atoms with Gasteiger partial charge in [0.2, 0.25) is 0 Å². The van der Waals surface area contributed by atoms with Crippen LogP contribution in [0.1, 0.15) is 21.6 Å². The van der Waals surface area contributed by atoms with Crippen molar-refractivity contribution < 1.29 is 15.0 Å². The predicted octanol–water partition coefficient (Wildman–Crippen LogP) is 2.24. The summed E-state index contributed by atoms with van der Waals surface area (Å²) in [6, 6.07) is 9.29. The van der Waals surface area contributed by atoms with Gasteiger partial charge in [0, 0.05) is 48.0 Å². The van der Waals surface area contributed by atoms with Crippen LogP contribution >= 0.6 is 11.6 Å². The second kappa shape index (κ2) is 7.60. The number of H-pyrrole nitrogens is 1. The summed E-state index contributed by atoms with van der Waals surface area (Å²) < 4.78 is 0. The third kappa shape index (κ3) is 3.62. The Morgan fingerprint density at radius 3 is 2.60 bits per heavy atom. The molecule has 10 heteroatoms. The van der Waals surface area contributed by atoms with Crippen molar-refractivity contribution in [3.8, 4) is 22.8 Å². The molecule has 0 radical (unpaired) electrons. The Balaban J connectivity index is 1.61. The maximum absolute atomic E-state index is 13.0. The quantitative estimate of drug-likeness (QED) is 0.319. The molecule has 30 heavy (non-hydrogen) atoms. The Bertz CT molecular complexity index is 1150. The zero-order valence-corrected chi connectivity index (χ0v) is 16.5. The van der Waals surface area contributed by atoms with Gasteiger partial charge in [-0.2, -0.15) is 5.10 Å². The molecule has 7 N–H and O–H groups in total. The normalized spacial score (nSPS) is 13.0. The maximum Gasteiger partial charge on any atom is 0.254 e. The molecule has 0 unspecified atom stereocenters. The van der Waals surface area contributed by atoms with E-state index in [1.165, 1.54) is 12.1 Å². The van der Waals surface area contributed by atoms with Gasteiger partial charge in [-0.1, -0.05) is 11.6 Å². The summed E-state index contributed by atoms with van der Waals surface area (Å²) in [5.74, 6) is -0.562. The lowest BCUT2D eigenvalue weighted by Gasteiger charge is -2.27. The van der Waals surface area contributed by atoms with Crippen LogP contribution < -0.4 is 11.5 Å². The highest BCUT2D eigenvalue weighted by molar-refractivity contribution is 6.32. The summed E-state index contributed by atoms with van der Waals surface area (Å²) in [5, 5.41) is 27.3. The van der Waals surface area contributed by atoms with E-state index >= 15 is 0 Å². The number of amides is 1. The number of halogens is 1. The van der Waals surface area contributed by atoms with Crippen LogP contribution in [0.5, 0.6) is 11.5 Å². The standard InChI is InChI=1S/C20H19ClN6O3/c21-14-7-12(16(28)8-17(14)29)18-13-9-27(6-5-15(13)25-26-18)19(30)10-1-3-11(4-2-10)24-20(22)23/h1-4,7-8,28-29H,5-6,9H2,(H,25,26)(H4,22,23,24). The minimum atomic E-state index is -0.219. The van der Waals surface area contributed by atoms with Crippen LogP contribution in [0, 0.1) is 0 Å². The largest absolute Gasteiger partial charge is 0.507 e. The number of phenols is 2. The number of benzene rings is 2. The Hall–Kier alpha value is -3.72. The van der Waals surface area contributed by atoms with Gasteiger partial charge in [0.25, 0.3) is 5.91 Å². The van der Waals surface area contributed by atoms with Crippen molar-refractivity contribution in [1.29, 1.82) is 0 Å². The van der Waals surface area contributed by atoms with Crippen molar-refractivity contribution in [3.05, 3.63) is 58.2 Å². The van der Waals surface area contributed by atoms with E-state index in [4.69, 9.17) is 23.1 Å². The van der Waals surface area contributed by atoms with Gasteiger partial charge in [0.05, 0.1) is 10.7 Å². The Morgan fingerprint density at radius 1 is 1.17 bits per heavy atom. The number of nitrogens with zero attached hydrogens (tertiary/aromatic N) is 3. The zero-order chi connectivity index (χ0) is 21.4. The number of aliphatic imine (C=N–C) groups is 1. The molecule has 2 heterocycles. The zero-order valence-electron chi connectivity index (χ0n) is 15.8. The number of carbonyl (C=O) groups excluding carboxylic acids is 1. The van der Waals surface area contributed by atoms with Crippen LogP contribution in [-0.4, -0.2) is 43.7 Å². The lowest BCUT2D eigenvalue weighted by molar-refractivity contribution is 0.0734. The van der Waals surface area contributed by atoms with E-state index in [9.17, 15) is 15.0 Å². The van der Waals surface area contributed by atoms with Gasteiger partial charge < -0.3 is 26.6 Å². The lowest BCUT2D eigenvalue weighted by Crippen LogP contribution is -2.35. The van der Waals surface area contributed by atoms with Crippen LogP contribution in [-0.2, 0) is 13.0 Å². The molecule has 1 aromatic heterocycles. The van der Waals surface area contributed by atoms with Gasteiger partial charge >= 0.3 is 0 Å². The van der Waals surface area contributed by atoms with Crippen LogP contribution in [0.15, 0.2) is 41.4 Å². The van der Waals surface area contributed by atoms with E-state index in [1.54, 1.807) is 29.2 Å². The molecule has 0 spiro atoms. The fourth-order valence-electron chi connectivity index (χ4n) is 3.44. The summed E-state index contributed by atoms with van der Waals surface area (Å²) in [5.41, 5.74) is 14.4. The highest BCUT2D eigenvalue weighted by Gasteiger charge is 2.27. The van der Waals surface area contributed by atoms with Crippen molar-refractivity contribution in [3.63, 3.8) is 0 Å². The molecule has 0 atom stereocenters. The first-order valence-corrected chi connectivity index (χ1v) is 9.48. The minimum absolute atomic E-state index is 0.0530. The number of nitrogens with one attached hydrogen (secondary N) is 1. The molecule has 2 aromatic carbocycles. The summed E-state index contributed by atoms with van der Waals surface area (Å²) in [6.45, 7) is 0.832. The first kappa shape index (κ1) is 19.6. The topological polar surface area (TPSA) is 154 Å². The van der Waals surface area contributed by atoms with Crippen molar-refractivity contribution in [1.82, 2.24) is 15.1 Å². The molecule has 4 rings (SSSR count). The van der Waals surface area contributed by atoms with E-state index in [-0.39, 0.29) is 28.4 Å². The number of hydrogen-bond donors (Lipinski definition) is 5. The third-order valence-corrected chi connectivity index (χ3v) is 5.22. The number of aromatic amines is 1. The van der Waals surface area contributed by atoms with Gasteiger partial charge in [-0.3, -0.25) is 9.89 Å². The first-order chi connectivity index (χ1) is 14.3. The van der Waals surface area contributed by atoms with Gasteiger partial charge in [-0.15, -0.1) is 0 Å². The number of nitrogens with two attached hydrogens (primary N) is 2. The molecule has 154 valence electrons. The molecule has 0 bridgehead atoms. The highest BCUT2D eigenvalue weighted by Crippen LogP contribution is 2.39. The fourth-order valence-corrected chi connectivity index (χ4v) is 3.61.